The van der Waals surface area contributed by atoms with Crippen LogP contribution in [0.3, 0.4) is 0 Å². The van der Waals surface area contributed by atoms with Gasteiger partial charge in [0.1, 0.15) is 0 Å². The first-order valence-electron chi connectivity index (χ1n) is 7.80. The lowest BCUT2D eigenvalue weighted by Gasteiger charge is -2.37. The second-order valence-corrected chi connectivity index (χ2v) is 7.26. The van der Waals surface area contributed by atoms with Crippen molar-refractivity contribution < 1.29 is 22.8 Å². The van der Waals surface area contributed by atoms with Gasteiger partial charge in [-0.1, -0.05) is 26.0 Å². The maximum Gasteiger partial charge on any atom is 0.416 e. The topological polar surface area (TPSA) is 46.2 Å². The van der Waals surface area contributed by atoms with Crippen LogP contribution in [0.15, 0.2) is 35.5 Å². The van der Waals surface area contributed by atoms with Gasteiger partial charge in [-0.05, 0) is 29.5 Å². The van der Waals surface area contributed by atoms with Crippen LogP contribution >= 0.6 is 0 Å². The fourth-order valence-corrected chi connectivity index (χ4v) is 3.55. The molecule has 0 bridgehead atoms. The zero-order valence-corrected chi connectivity index (χ0v) is 13.5. The fourth-order valence-electron chi connectivity index (χ4n) is 3.55. The van der Waals surface area contributed by atoms with E-state index in [-0.39, 0.29) is 23.5 Å². The second kappa shape index (κ2) is 5.46. The summed E-state index contributed by atoms with van der Waals surface area (Å²) in [5, 5.41) is 2.78. The number of nitrogens with one attached hydrogen (secondary N) is 1. The third-order valence-corrected chi connectivity index (χ3v) is 4.59. The van der Waals surface area contributed by atoms with Crippen molar-refractivity contribution in [2.75, 3.05) is 0 Å². The van der Waals surface area contributed by atoms with E-state index < -0.39 is 17.7 Å². The quantitative estimate of drug-likeness (QED) is 0.843. The van der Waals surface area contributed by atoms with E-state index in [9.17, 15) is 22.8 Å². The van der Waals surface area contributed by atoms with E-state index in [0.29, 0.717) is 29.7 Å². The van der Waals surface area contributed by atoms with Gasteiger partial charge < -0.3 is 5.32 Å². The number of alkyl halides is 3. The first-order chi connectivity index (χ1) is 11.1. The number of carbonyl (C=O) groups excluding carboxylic acids is 2. The summed E-state index contributed by atoms with van der Waals surface area (Å²) in [6, 6.07) is 4.73. The highest BCUT2D eigenvalue weighted by Gasteiger charge is 2.40. The molecule has 0 saturated heterocycles. The molecule has 1 aromatic rings. The molecule has 24 heavy (non-hydrogen) atoms. The third kappa shape index (κ3) is 3.09. The highest BCUT2D eigenvalue weighted by atomic mass is 19.4. The summed E-state index contributed by atoms with van der Waals surface area (Å²) in [4.78, 5) is 24.6. The fraction of sp³-hybridized carbons (Fsp3) is 0.444. The van der Waals surface area contributed by atoms with Gasteiger partial charge in [-0.3, -0.25) is 9.59 Å². The van der Waals surface area contributed by atoms with Gasteiger partial charge in [0.25, 0.3) is 0 Å². The number of hydrogen-bond donors (Lipinski definition) is 1. The Labute approximate surface area is 137 Å². The van der Waals surface area contributed by atoms with Crippen molar-refractivity contribution in [2.45, 2.75) is 45.2 Å². The molecule has 1 aliphatic heterocycles. The van der Waals surface area contributed by atoms with Crippen LogP contribution in [0.2, 0.25) is 0 Å². The largest absolute Gasteiger partial charge is 0.416 e. The Hall–Kier alpha value is -2.11. The van der Waals surface area contributed by atoms with Crippen LogP contribution in [0.4, 0.5) is 13.2 Å². The van der Waals surface area contributed by atoms with Crippen LogP contribution in [0.25, 0.3) is 0 Å². The molecule has 2 aliphatic rings. The van der Waals surface area contributed by atoms with Crippen molar-refractivity contribution in [1.82, 2.24) is 5.32 Å². The summed E-state index contributed by atoms with van der Waals surface area (Å²) in [7, 11) is 0. The molecule has 1 atom stereocenters. The van der Waals surface area contributed by atoms with Crippen LogP contribution in [0.1, 0.15) is 50.2 Å². The van der Waals surface area contributed by atoms with Crippen molar-refractivity contribution in [3.8, 4) is 0 Å². The Morgan fingerprint density at radius 2 is 1.71 bits per heavy atom. The van der Waals surface area contributed by atoms with Gasteiger partial charge in [0, 0.05) is 30.0 Å². The molecule has 0 fully saturated rings. The Kier molecular flexibility index (Phi) is 3.81. The molecular formula is C18H18F3NO2. The van der Waals surface area contributed by atoms with Crippen LogP contribution in [0, 0.1) is 5.41 Å². The molecule has 0 aromatic heterocycles. The molecule has 3 rings (SSSR count). The van der Waals surface area contributed by atoms with Crippen LogP contribution in [-0.4, -0.2) is 11.7 Å². The molecule has 1 N–H and O–H groups in total. The van der Waals surface area contributed by atoms with Crippen LogP contribution in [-0.2, 0) is 15.8 Å². The molecule has 6 heteroatoms. The number of benzene rings is 1. The number of hydrogen-bond acceptors (Lipinski definition) is 2. The van der Waals surface area contributed by atoms with E-state index in [0.717, 1.165) is 12.1 Å². The SMILES string of the molecule is CC1(C)CC(=O)C2=C(C1)NC(=O)C[C@H]2c1ccc(C(F)(F)F)cc1. The zero-order chi connectivity index (χ0) is 17.7. The van der Waals surface area contributed by atoms with E-state index >= 15 is 0 Å². The van der Waals surface area contributed by atoms with Gasteiger partial charge in [-0.25, -0.2) is 0 Å². The Balaban J connectivity index is 2.00. The summed E-state index contributed by atoms with van der Waals surface area (Å²) < 4.78 is 38.1. The standard InChI is InChI=1S/C18H18F3NO2/c1-17(2)8-13-16(14(23)9-17)12(7-15(24)22-13)10-3-5-11(6-4-10)18(19,20)21/h3-6,12H,7-9H2,1-2H3,(H,22,24)/t12-/m0/s1. The molecule has 1 aliphatic carbocycles. The first-order valence-corrected chi connectivity index (χ1v) is 7.80. The smallest absolute Gasteiger partial charge is 0.329 e. The van der Waals surface area contributed by atoms with Gasteiger partial charge in [0.15, 0.2) is 5.78 Å². The first kappa shape index (κ1) is 16.7. The summed E-state index contributed by atoms with van der Waals surface area (Å²) in [5.41, 5.74) is 0.770. The number of halogens is 3. The van der Waals surface area contributed by atoms with E-state index in [1.54, 1.807) is 0 Å². The molecular weight excluding hydrogens is 319 g/mol. The third-order valence-electron chi connectivity index (χ3n) is 4.59. The van der Waals surface area contributed by atoms with E-state index in [2.05, 4.69) is 5.32 Å². The molecule has 1 aromatic carbocycles. The maximum atomic E-state index is 12.7. The molecule has 0 unspecified atom stereocenters. The van der Waals surface area contributed by atoms with Crippen molar-refractivity contribution in [1.29, 1.82) is 0 Å². The lowest BCUT2D eigenvalue weighted by molar-refractivity contribution is -0.137. The molecule has 0 radical (unpaired) electrons. The second-order valence-electron chi connectivity index (χ2n) is 7.26. The van der Waals surface area contributed by atoms with Gasteiger partial charge in [0.05, 0.1) is 5.56 Å². The molecule has 128 valence electrons. The molecule has 0 spiro atoms. The van der Waals surface area contributed by atoms with Crippen molar-refractivity contribution >= 4 is 11.7 Å². The average Bonchev–Trinajstić information content (AvgIpc) is 2.43. The number of ketones is 1. The number of Topliss-reactive ketones (excluding diaryl/α,β-unsaturated/α-hetero) is 1. The normalized spacial score (nSPS) is 23.8. The molecule has 1 heterocycles. The summed E-state index contributed by atoms with van der Waals surface area (Å²) in [6.45, 7) is 3.92. The number of rotatable bonds is 1. The minimum absolute atomic E-state index is 0.0360. The van der Waals surface area contributed by atoms with Crippen molar-refractivity contribution in [3.05, 3.63) is 46.7 Å². The predicted molar refractivity (Wildman–Crippen MR) is 82.0 cm³/mol. The maximum absolute atomic E-state index is 12.7. The van der Waals surface area contributed by atoms with Gasteiger partial charge in [-0.15, -0.1) is 0 Å². The van der Waals surface area contributed by atoms with E-state index in [1.807, 2.05) is 13.8 Å². The molecule has 0 saturated carbocycles. The molecule has 3 nitrogen and oxygen atoms in total. The Morgan fingerprint density at radius 3 is 2.29 bits per heavy atom. The Morgan fingerprint density at radius 1 is 1.08 bits per heavy atom. The van der Waals surface area contributed by atoms with Crippen LogP contribution < -0.4 is 5.32 Å². The highest BCUT2D eigenvalue weighted by Crippen LogP contribution is 2.44. The summed E-state index contributed by atoms with van der Waals surface area (Å²) in [6.07, 6.45) is -3.37. The van der Waals surface area contributed by atoms with Crippen molar-refractivity contribution in [3.63, 3.8) is 0 Å². The summed E-state index contributed by atoms with van der Waals surface area (Å²) >= 11 is 0. The van der Waals surface area contributed by atoms with E-state index in [4.69, 9.17) is 0 Å². The van der Waals surface area contributed by atoms with E-state index in [1.165, 1.54) is 12.1 Å². The van der Waals surface area contributed by atoms with Gasteiger partial charge in [0.2, 0.25) is 5.91 Å². The number of carbonyl (C=O) groups is 2. The number of allylic oxidation sites excluding steroid dienone is 2. The lowest BCUT2D eigenvalue weighted by Crippen LogP contribution is -2.40. The number of amides is 1. The average molecular weight is 337 g/mol. The molecule has 1 amide bonds. The van der Waals surface area contributed by atoms with Crippen molar-refractivity contribution in [2.24, 2.45) is 5.41 Å². The van der Waals surface area contributed by atoms with Gasteiger partial charge >= 0.3 is 6.18 Å². The summed E-state index contributed by atoms with van der Waals surface area (Å²) in [5.74, 6) is -0.713. The highest BCUT2D eigenvalue weighted by molar-refractivity contribution is 6.02. The monoisotopic (exact) mass is 337 g/mol. The Bertz CT molecular complexity index is 730. The minimum atomic E-state index is -4.41. The van der Waals surface area contributed by atoms with Gasteiger partial charge in [-0.2, -0.15) is 13.2 Å². The van der Waals surface area contributed by atoms with Crippen LogP contribution in [0.5, 0.6) is 0 Å². The zero-order valence-electron chi connectivity index (χ0n) is 13.5. The minimum Gasteiger partial charge on any atom is -0.329 e. The lowest BCUT2D eigenvalue weighted by atomic mass is 9.70. The predicted octanol–water partition coefficient (Wildman–Crippen LogP) is 3.95.